The molecule has 5 heteroatoms. The summed E-state index contributed by atoms with van der Waals surface area (Å²) < 4.78 is 2.08. The summed E-state index contributed by atoms with van der Waals surface area (Å²) in [6.07, 6.45) is 0. The number of fused-ring (bicyclic) bond motifs is 1. The van der Waals surface area contributed by atoms with E-state index in [0.717, 1.165) is 28.6 Å². The van der Waals surface area contributed by atoms with Gasteiger partial charge in [-0.2, -0.15) is 5.26 Å². The van der Waals surface area contributed by atoms with Crippen LogP contribution in [0.1, 0.15) is 37.0 Å². The van der Waals surface area contributed by atoms with Crippen molar-refractivity contribution in [3.05, 3.63) is 22.5 Å². The van der Waals surface area contributed by atoms with Crippen molar-refractivity contribution in [3.8, 4) is 6.07 Å². The number of rotatable bonds is 4. The van der Waals surface area contributed by atoms with Gasteiger partial charge in [0, 0.05) is 11.1 Å². The number of thiazole rings is 1. The second-order valence-corrected chi connectivity index (χ2v) is 5.78. The van der Waals surface area contributed by atoms with E-state index in [1.807, 2.05) is 13.8 Å². The van der Waals surface area contributed by atoms with Crippen molar-refractivity contribution in [3.63, 3.8) is 0 Å². The molecule has 0 spiro atoms. The summed E-state index contributed by atoms with van der Waals surface area (Å²) in [6, 6.07) is 2.05. The van der Waals surface area contributed by atoms with Crippen LogP contribution in [-0.2, 0) is 0 Å². The zero-order valence-corrected chi connectivity index (χ0v) is 12.0. The number of aryl methyl sites for hydroxylation is 2. The molecule has 2 aromatic rings. The lowest BCUT2D eigenvalue weighted by atomic mass is 10.1. The number of aromatic nitrogens is 2. The highest BCUT2D eigenvalue weighted by Gasteiger charge is 2.20. The molecule has 0 amide bonds. The first-order valence-corrected chi connectivity index (χ1v) is 6.98. The molecule has 18 heavy (non-hydrogen) atoms. The van der Waals surface area contributed by atoms with E-state index in [2.05, 4.69) is 40.0 Å². The summed E-state index contributed by atoms with van der Waals surface area (Å²) in [5, 5.41) is 14.7. The Morgan fingerprint density at radius 1 is 1.50 bits per heavy atom. The highest BCUT2D eigenvalue weighted by molar-refractivity contribution is 7.15. The molecule has 0 bridgehead atoms. The van der Waals surface area contributed by atoms with Crippen molar-refractivity contribution >= 4 is 16.3 Å². The molecule has 0 aliphatic rings. The molecule has 0 aliphatic carbocycles. The first-order valence-electron chi connectivity index (χ1n) is 6.10. The summed E-state index contributed by atoms with van der Waals surface area (Å²) in [7, 11) is 0. The van der Waals surface area contributed by atoms with Gasteiger partial charge in [-0.3, -0.25) is 9.72 Å². The fourth-order valence-electron chi connectivity index (χ4n) is 2.02. The average molecular weight is 262 g/mol. The first-order chi connectivity index (χ1) is 8.54. The van der Waals surface area contributed by atoms with Crippen LogP contribution in [0, 0.1) is 31.1 Å². The molecule has 0 fully saturated rings. The minimum absolute atomic E-state index is 0.296. The van der Waals surface area contributed by atoms with Gasteiger partial charge in [0.2, 0.25) is 0 Å². The van der Waals surface area contributed by atoms with Crippen LogP contribution < -0.4 is 5.32 Å². The van der Waals surface area contributed by atoms with Gasteiger partial charge in [0.25, 0.3) is 0 Å². The normalized spacial score (nSPS) is 13.1. The third-order valence-corrected chi connectivity index (χ3v) is 3.83. The monoisotopic (exact) mass is 262 g/mol. The molecule has 1 atom stereocenters. The summed E-state index contributed by atoms with van der Waals surface area (Å²) >= 11 is 1.62. The Morgan fingerprint density at radius 3 is 2.83 bits per heavy atom. The van der Waals surface area contributed by atoms with Gasteiger partial charge in [0.1, 0.15) is 6.04 Å². The Hall–Kier alpha value is -1.38. The SMILES string of the molecule is Cc1nc2scc(C)n2c1C(C#N)NCC(C)C. The standard InChI is InChI=1S/C13H18N4S/c1-8(2)6-15-11(5-14)12-10(4)16-13-17(12)9(3)7-18-13/h7-8,11,15H,6H2,1-4H3. The van der Waals surface area contributed by atoms with Gasteiger partial charge >= 0.3 is 0 Å². The fourth-order valence-corrected chi connectivity index (χ4v) is 2.94. The molecule has 2 heterocycles. The lowest BCUT2D eigenvalue weighted by molar-refractivity contribution is 0.516. The fraction of sp³-hybridized carbons (Fsp3) is 0.538. The number of nitriles is 1. The van der Waals surface area contributed by atoms with Crippen molar-refractivity contribution in [1.29, 1.82) is 5.26 Å². The molecule has 96 valence electrons. The molecule has 0 radical (unpaired) electrons. The first kappa shape index (κ1) is 13.1. The van der Waals surface area contributed by atoms with Gasteiger partial charge in [-0.1, -0.05) is 13.8 Å². The predicted octanol–water partition coefficient (Wildman–Crippen LogP) is 2.82. The van der Waals surface area contributed by atoms with E-state index in [4.69, 9.17) is 0 Å². The molecule has 1 N–H and O–H groups in total. The highest BCUT2D eigenvalue weighted by atomic mass is 32.1. The third-order valence-electron chi connectivity index (χ3n) is 2.89. The molecular formula is C13H18N4S. The number of hydrogen-bond acceptors (Lipinski definition) is 4. The minimum atomic E-state index is -0.296. The number of hydrogen-bond donors (Lipinski definition) is 1. The van der Waals surface area contributed by atoms with E-state index >= 15 is 0 Å². The van der Waals surface area contributed by atoms with Gasteiger partial charge in [-0.25, -0.2) is 4.98 Å². The predicted molar refractivity (Wildman–Crippen MR) is 73.7 cm³/mol. The van der Waals surface area contributed by atoms with Crippen LogP contribution in [0.3, 0.4) is 0 Å². The Bertz CT molecular complexity index is 588. The van der Waals surface area contributed by atoms with Crippen LogP contribution >= 0.6 is 11.3 Å². The van der Waals surface area contributed by atoms with E-state index in [1.54, 1.807) is 11.3 Å². The maximum atomic E-state index is 9.37. The van der Waals surface area contributed by atoms with Crippen molar-refractivity contribution in [2.75, 3.05) is 6.54 Å². The number of imidazole rings is 1. The van der Waals surface area contributed by atoms with Crippen molar-refractivity contribution in [2.24, 2.45) is 5.92 Å². The molecule has 0 aliphatic heterocycles. The minimum Gasteiger partial charge on any atom is -0.297 e. The lowest BCUT2D eigenvalue weighted by Crippen LogP contribution is -2.26. The van der Waals surface area contributed by atoms with Gasteiger partial charge in [-0.05, 0) is 26.3 Å². The van der Waals surface area contributed by atoms with Gasteiger partial charge < -0.3 is 0 Å². The van der Waals surface area contributed by atoms with Crippen molar-refractivity contribution < 1.29 is 0 Å². The third kappa shape index (κ3) is 2.26. The molecule has 4 nitrogen and oxygen atoms in total. The quantitative estimate of drug-likeness (QED) is 0.921. The molecule has 0 saturated heterocycles. The largest absolute Gasteiger partial charge is 0.297 e. The maximum Gasteiger partial charge on any atom is 0.194 e. The lowest BCUT2D eigenvalue weighted by Gasteiger charge is -2.14. The Balaban J connectivity index is 2.41. The van der Waals surface area contributed by atoms with Crippen LogP contribution in [0.25, 0.3) is 4.96 Å². The average Bonchev–Trinajstić information content (AvgIpc) is 2.81. The summed E-state index contributed by atoms with van der Waals surface area (Å²) in [5.74, 6) is 0.521. The zero-order valence-electron chi connectivity index (χ0n) is 11.2. The highest BCUT2D eigenvalue weighted by Crippen LogP contribution is 2.25. The van der Waals surface area contributed by atoms with Crippen LogP contribution in [0.4, 0.5) is 0 Å². The number of nitrogens with zero attached hydrogens (tertiary/aromatic N) is 3. The maximum absolute atomic E-state index is 9.37. The van der Waals surface area contributed by atoms with Crippen LogP contribution in [0.2, 0.25) is 0 Å². The second kappa shape index (κ2) is 5.09. The van der Waals surface area contributed by atoms with Gasteiger partial charge in [0.05, 0.1) is 17.5 Å². The zero-order chi connectivity index (χ0) is 13.3. The van der Waals surface area contributed by atoms with E-state index < -0.39 is 0 Å². The van der Waals surface area contributed by atoms with E-state index in [1.165, 1.54) is 0 Å². The van der Waals surface area contributed by atoms with Gasteiger partial charge in [0.15, 0.2) is 4.96 Å². The Labute approximate surface area is 111 Å². The molecule has 2 aromatic heterocycles. The van der Waals surface area contributed by atoms with Crippen molar-refractivity contribution in [2.45, 2.75) is 33.7 Å². The Kier molecular flexibility index (Phi) is 3.69. The number of nitrogens with one attached hydrogen (secondary N) is 1. The molecule has 0 aromatic carbocycles. The van der Waals surface area contributed by atoms with Crippen LogP contribution in [0.15, 0.2) is 5.38 Å². The summed E-state index contributed by atoms with van der Waals surface area (Å²) in [6.45, 7) is 9.11. The second-order valence-electron chi connectivity index (χ2n) is 4.94. The molecular weight excluding hydrogens is 244 g/mol. The summed E-state index contributed by atoms with van der Waals surface area (Å²) in [5.41, 5.74) is 3.05. The smallest absolute Gasteiger partial charge is 0.194 e. The van der Waals surface area contributed by atoms with Crippen LogP contribution in [0.5, 0.6) is 0 Å². The van der Waals surface area contributed by atoms with E-state index in [9.17, 15) is 5.26 Å². The summed E-state index contributed by atoms with van der Waals surface area (Å²) in [4.78, 5) is 5.48. The van der Waals surface area contributed by atoms with E-state index in [-0.39, 0.29) is 6.04 Å². The van der Waals surface area contributed by atoms with Crippen LogP contribution in [-0.4, -0.2) is 15.9 Å². The molecule has 2 rings (SSSR count). The topological polar surface area (TPSA) is 53.1 Å². The molecule has 1 unspecified atom stereocenters. The van der Waals surface area contributed by atoms with Gasteiger partial charge in [-0.15, -0.1) is 11.3 Å². The Morgan fingerprint density at radius 2 is 2.22 bits per heavy atom. The molecule has 0 saturated carbocycles. The van der Waals surface area contributed by atoms with Crippen molar-refractivity contribution in [1.82, 2.24) is 14.7 Å². The van der Waals surface area contributed by atoms with E-state index in [0.29, 0.717) is 5.92 Å².